The van der Waals surface area contributed by atoms with Crippen molar-refractivity contribution in [3.8, 4) is 0 Å². The molecule has 0 bridgehead atoms. The fourth-order valence-corrected chi connectivity index (χ4v) is 3.27. The van der Waals surface area contributed by atoms with Crippen molar-refractivity contribution in [2.24, 2.45) is 0 Å². The maximum atomic E-state index is 12.7. The Labute approximate surface area is 128 Å². The van der Waals surface area contributed by atoms with Gasteiger partial charge in [0, 0.05) is 35.5 Å². The molecule has 1 atom stereocenters. The van der Waals surface area contributed by atoms with Crippen molar-refractivity contribution in [1.29, 1.82) is 0 Å². The molecule has 5 heteroatoms. The number of carbonyl (C=O) groups excluding carboxylic acids is 1. The molecule has 5 nitrogen and oxygen atoms in total. The van der Waals surface area contributed by atoms with Gasteiger partial charge in [-0.1, -0.05) is 18.2 Å². The first-order valence-electron chi connectivity index (χ1n) is 7.58. The lowest BCUT2D eigenvalue weighted by Gasteiger charge is -2.29. The molecule has 1 aliphatic heterocycles. The molecule has 1 aliphatic rings. The van der Waals surface area contributed by atoms with Crippen LogP contribution in [0, 0.1) is 0 Å². The summed E-state index contributed by atoms with van der Waals surface area (Å²) in [5.74, 6) is 0.141. The van der Waals surface area contributed by atoms with Crippen molar-refractivity contribution in [3.05, 3.63) is 54.2 Å². The fraction of sp³-hybridized carbons (Fsp3) is 0.294. The molecule has 0 unspecified atom stereocenters. The first kappa shape index (κ1) is 13.1. The summed E-state index contributed by atoms with van der Waals surface area (Å²) >= 11 is 0. The summed E-state index contributed by atoms with van der Waals surface area (Å²) < 4.78 is 1.85. The van der Waals surface area contributed by atoms with Crippen LogP contribution in [0.25, 0.3) is 10.9 Å². The Bertz CT molecular complexity index is 818. The molecule has 0 spiro atoms. The monoisotopic (exact) mass is 294 g/mol. The van der Waals surface area contributed by atoms with Crippen LogP contribution >= 0.6 is 0 Å². The van der Waals surface area contributed by atoms with Crippen LogP contribution in [0.1, 0.15) is 24.2 Å². The molecule has 3 heterocycles. The van der Waals surface area contributed by atoms with Gasteiger partial charge >= 0.3 is 0 Å². The second-order valence-corrected chi connectivity index (χ2v) is 5.82. The molecule has 0 saturated carbocycles. The Hall–Kier alpha value is -2.56. The summed E-state index contributed by atoms with van der Waals surface area (Å²) in [4.78, 5) is 22.1. The fourth-order valence-electron chi connectivity index (χ4n) is 3.27. The summed E-state index contributed by atoms with van der Waals surface area (Å²) in [6, 6.07) is 8.13. The lowest BCUT2D eigenvalue weighted by molar-refractivity contribution is -0.135. The van der Waals surface area contributed by atoms with Crippen LogP contribution < -0.4 is 0 Å². The van der Waals surface area contributed by atoms with E-state index < -0.39 is 0 Å². The number of fused-ring (bicyclic) bond motifs is 3. The Balaban J connectivity index is 1.60. The molecule has 0 fully saturated rings. The first-order valence-corrected chi connectivity index (χ1v) is 7.58. The van der Waals surface area contributed by atoms with E-state index in [1.165, 1.54) is 16.6 Å². The van der Waals surface area contributed by atoms with Gasteiger partial charge in [0.2, 0.25) is 5.91 Å². The third kappa shape index (κ3) is 2.01. The van der Waals surface area contributed by atoms with E-state index in [9.17, 15) is 4.79 Å². The molecule has 0 aliphatic carbocycles. The molecular weight excluding hydrogens is 276 g/mol. The van der Waals surface area contributed by atoms with Crippen molar-refractivity contribution in [2.45, 2.75) is 25.9 Å². The number of aromatic amines is 1. The van der Waals surface area contributed by atoms with Crippen LogP contribution in [-0.2, 0) is 17.8 Å². The van der Waals surface area contributed by atoms with Crippen LogP contribution in [0.15, 0.2) is 43.0 Å². The Morgan fingerprint density at radius 1 is 1.36 bits per heavy atom. The van der Waals surface area contributed by atoms with Gasteiger partial charge in [0.1, 0.15) is 6.04 Å². The molecule has 22 heavy (non-hydrogen) atoms. The molecule has 1 aromatic carbocycles. The standard InChI is InChI=1S/C17H18N4O/c1-12(21-9-7-18-11-21)17(22)20-8-6-14-13-4-2-3-5-15(13)19-16(14)10-20/h2-5,7,9,11-12,19H,6,8,10H2,1H3/t12-/m1/s1. The minimum absolute atomic E-state index is 0.141. The highest BCUT2D eigenvalue weighted by Crippen LogP contribution is 2.28. The SMILES string of the molecule is C[C@H](C(=O)N1CCc2c([nH]c3ccccc23)C1)n1ccnc1. The number of nitrogens with zero attached hydrogens (tertiary/aromatic N) is 3. The van der Waals surface area contributed by atoms with Crippen molar-refractivity contribution in [2.75, 3.05) is 6.54 Å². The zero-order chi connectivity index (χ0) is 15.1. The van der Waals surface area contributed by atoms with E-state index in [1.54, 1.807) is 12.5 Å². The van der Waals surface area contributed by atoms with Crippen LogP contribution in [0.4, 0.5) is 0 Å². The number of carbonyl (C=O) groups is 1. The number of para-hydroxylation sites is 1. The predicted octanol–water partition coefficient (Wildman–Crippen LogP) is 2.51. The zero-order valence-electron chi connectivity index (χ0n) is 12.5. The van der Waals surface area contributed by atoms with E-state index >= 15 is 0 Å². The average molecular weight is 294 g/mol. The van der Waals surface area contributed by atoms with E-state index in [0.29, 0.717) is 6.54 Å². The minimum atomic E-state index is -0.214. The van der Waals surface area contributed by atoms with Crippen LogP contribution in [-0.4, -0.2) is 31.9 Å². The van der Waals surface area contributed by atoms with Crippen molar-refractivity contribution >= 4 is 16.8 Å². The summed E-state index contributed by atoms with van der Waals surface area (Å²) in [7, 11) is 0. The zero-order valence-corrected chi connectivity index (χ0v) is 12.5. The summed E-state index contributed by atoms with van der Waals surface area (Å²) in [6.07, 6.45) is 6.14. The average Bonchev–Trinajstić information content (AvgIpc) is 3.20. The molecule has 0 radical (unpaired) electrons. The van der Waals surface area contributed by atoms with Crippen LogP contribution in [0.2, 0.25) is 0 Å². The quantitative estimate of drug-likeness (QED) is 0.789. The smallest absolute Gasteiger partial charge is 0.245 e. The Morgan fingerprint density at radius 2 is 2.23 bits per heavy atom. The number of nitrogens with one attached hydrogen (secondary N) is 1. The molecule has 1 amide bonds. The lowest BCUT2D eigenvalue weighted by Crippen LogP contribution is -2.39. The van der Waals surface area contributed by atoms with E-state index in [-0.39, 0.29) is 11.9 Å². The number of benzene rings is 1. The van der Waals surface area contributed by atoms with Gasteiger partial charge in [-0.15, -0.1) is 0 Å². The number of hydrogen-bond donors (Lipinski definition) is 1. The molecule has 3 aromatic rings. The minimum Gasteiger partial charge on any atom is -0.357 e. The van der Waals surface area contributed by atoms with E-state index in [2.05, 4.69) is 28.2 Å². The number of hydrogen-bond acceptors (Lipinski definition) is 2. The van der Waals surface area contributed by atoms with E-state index in [1.807, 2.05) is 28.7 Å². The van der Waals surface area contributed by atoms with Gasteiger partial charge in [-0.25, -0.2) is 4.98 Å². The van der Waals surface area contributed by atoms with Gasteiger partial charge in [-0.2, -0.15) is 0 Å². The maximum absolute atomic E-state index is 12.7. The number of aromatic nitrogens is 3. The first-order chi connectivity index (χ1) is 10.7. The van der Waals surface area contributed by atoms with Crippen LogP contribution in [0.3, 0.4) is 0 Å². The second-order valence-electron chi connectivity index (χ2n) is 5.82. The van der Waals surface area contributed by atoms with Crippen LogP contribution in [0.5, 0.6) is 0 Å². The Kier molecular flexibility index (Phi) is 2.99. The molecule has 112 valence electrons. The van der Waals surface area contributed by atoms with Gasteiger partial charge in [0.25, 0.3) is 0 Å². The van der Waals surface area contributed by atoms with Gasteiger partial charge in [-0.05, 0) is 25.0 Å². The largest absolute Gasteiger partial charge is 0.357 e. The number of imidazole rings is 1. The van der Waals surface area contributed by atoms with Gasteiger partial charge in [0.05, 0.1) is 12.9 Å². The van der Waals surface area contributed by atoms with E-state index in [4.69, 9.17) is 0 Å². The summed E-state index contributed by atoms with van der Waals surface area (Å²) in [5.41, 5.74) is 3.68. The van der Waals surface area contributed by atoms with Crippen molar-refractivity contribution < 1.29 is 4.79 Å². The maximum Gasteiger partial charge on any atom is 0.245 e. The van der Waals surface area contributed by atoms with Gasteiger partial charge in [0.15, 0.2) is 0 Å². The highest BCUT2D eigenvalue weighted by molar-refractivity contribution is 5.86. The lowest BCUT2D eigenvalue weighted by atomic mass is 10.0. The molecule has 0 saturated heterocycles. The number of amides is 1. The van der Waals surface area contributed by atoms with Gasteiger partial charge < -0.3 is 14.5 Å². The normalized spacial score (nSPS) is 15.8. The third-order valence-corrected chi connectivity index (χ3v) is 4.52. The molecular formula is C17H18N4O. The number of rotatable bonds is 2. The summed E-state index contributed by atoms with van der Waals surface area (Å²) in [6.45, 7) is 3.35. The molecule has 2 aromatic heterocycles. The predicted molar refractivity (Wildman–Crippen MR) is 84.4 cm³/mol. The summed E-state index contributed by atoms with van der Waals surface area (Å²) in [5, 5.41) is 1.28. The highest BCUT2D eigenvalue weighted by Gasteiger charge is 2.27. The van der Waals surface area contributed by atoms with Crippen molar-refractivity contribution in [3.63, 3.8) is 0 Å². The van der Waals surface area contributed by atoms with Crippen molar-refractivity contribution in [1.82, 2.24) is 19.4 Å². The number of H-pyrrole nitrogens is 1. The topological polar surface area (TPSA) is 53.9 Å². The molecule has 1 N–H and O–H groups in total. The van der Waals surface area contributed by atoms with E-state index in [0.717, 1.165) is 18.5 Å². The second kappa shape index (κ2) is 5.02. The third-order valence-electron chi connectivity index (χ3n) is 4.52. The Morgan fingerprint density at radius 3 is 3.05 bits per heavy atom. The molecule has 4 rings (SSSR count). The highest BCUT2D eigenvalue weighted by atomic mass is 16.2. The van der Waals surface area contributed by atoms with Gasteiger partial charge in [-0.3, -0.25) is 4.79 Å².